The van der Waals surface area contributed by atoms with Gasteiger partial charge in [0.25, 0.3) is 11.6 Å². The van der Waals surface area contributed by atoms with Crippen molar-refractivity contribution in [1.29, 1.82) is 0 Å². The highest BCUT2D eigenvalue weighted by molar-refractivity contribution is 6.31. The van der Waals surface area contributed by atoms with Crippen molar-refractivity contribution in [3.8, 4) is 0 Å². The number of halogens is 1. The van der Waals surface area contributed by atoms with Crippen molar-refractivity contribution in [3.05, 3.63) is 73.9 Å². The number of carbonyl (C=O) groups excluding carboxylic acids is 1. The number of unbranched alkanes of at least 4 members (excludes halogenated alkanes) is 4. The number of carbonyl (C=O) groups is 1. The lowest BCUT2D eigenvalue weighted by Gasteiger charge is -2.09. The van der Waals surface area contributed by atoms with E-state index in [4.69, 9.17) is 11.6 Å². The van der Waals surface area contributed by atoms with Gasteiger partial charge in [0.2, 0.25) is 0 Å². The van der Waals surface area contributed by atoms with Crippen molar-refractivity contribution >= 4 is 57.4 Å². The summed E-state index contributed by atoms with van der Waals surface area (Å²) in [5.74, 6) is -0.452. The minimum Gasteiger partial charge on any atom is -0.384 e. The smallest absolute Gasteiger partial charge is 0.301 e. The Morgan fingerprint density at radius 1 is 0.946 bits per heavy atom. The van der Waals surface area contributed by atoms with Crippen LogP contribution in [0.5, 0.6) is 0 Å². The van der Waals surface area contributed by atoms with Gasteiger partial charge in [0.05, 0.1) is 21.4 Å². The number of pyridine rings is 1. The van der Waals surface area contributed by atoms with E-state index in [1.54, 1.807) is 6.20 Å². The summed E-state index contributed by atoms with van der Waals surface area (Å²) in [4.78, 5) is 36.6. The van der Waals surface area contributed by atoms with E-state index >= 15 is 0 Å². The molecule has 13 heteroatoms. The SMILES string of the molecule is O=C(/C=N/Nc1ccc([N+](=O)[O-])cc1[N+](=O)[O-])NCCCCCCCNc1ccnc2cc(Cl)ccc12. The maximum Gasteiger partial charge on any atom is 0.301 e. The van der Waals surface area contributed by atoms with Gasteiger partial charge in [-0.25, -0.2) is 0 Å². The number of nitrogens with zero attached hydrogens (tertiary/aromatic N) is 4. The molecule has 0 fully saturated rings. The number of nitro benzene ring substituents is 2. The summed E-state index contributed by atoms with van der Waals surface area (Å²) in [6.07, 6.45) is 7.59. The average molecular weight is 528 g/mol. The second-order valence-electron chi connectivity index (χ2n) is 8.09. The minimum atomic E-state index is -0.765. The summed E-state index contributed by atoms with van der Waals surface area (Å²) in [5, 5.41) is 33.4. The van der Waals surface area contributed by atoms with Crippen LogP contribution in [0.1, 0.15) is 32.1 Å². The number of non-ortho nitro benzene ring substituents is 1. The van der Waals surface area contributed by atoms with E-state index in [2.05, 4.69) is 26.1 Å². The van der Waals surface area contributed by atoms with Crippen LogP contribution in [0.4, 0.5) is 22.7 Å². The molecule has 0 atom stereocenters. The largest absolute Gasteiger partial charge is 0.384 e. The van der Waals surface area contributed by atoms with Crippen LogP contribution >= 0.6 is 11.6 Å². The Kier molecular flexibility index (Phi) is 10.1. The van der Waals surface area contributed by atoms with Gasteiger partial charge in [-0.3, -0.25) is 35.4 Å². The molecular formula is C24H26ClN7O5. The van der Waals surface area contributed by atoms with E-state index in [1.165, 1.54) is 0 Å². The second-order valence-corrected chi connectivity index (χ2v) is 8.53. The Balaban J connectivity index is 1.28. The highest BCUT2D eigenvalue weighted by atomic mass is 35.5. The number of aromatic nitrogens is 1. The molecule has 0 unspecified atom stereocenters. The zero-order valence-electron chi connectivity index (χ0n) is 19.9. The Hall–Kier alpha value is -4.32. The molecule has 2 aromatic carbocycles. The van der Waals surface area contributed by atoms with E-state index in [-0.39, 0.29) is 5.69 Å². The normalized spacial score (nSPS) is 10.9. The van der Waals surface area contributed by atoms with E-state index < -0.39 is 27.1 Å². The zero-order chi connectivity index (χ0) is 26.6. The lowest BCUT2D eigenvalue weighted by molar-refractivity contribution is -0.393. The summed E-state index contributed by atoms with van der Waals surface area (Å²) in [6.45, 7) is 1.32. The van der Waals surface area contributed by atoms with Gasteiger partial charge in [0.1, 0.15) is 11.9 Å². The Labute approximate surface area is 217 Å². The van der Waals surface area contributed by atoms with Crippen molar-refractivity contribution in [1.82, 2.24) is 10.3 Å². The first kappa shape index (κ1) is 27.3. The molecule has 0 radical (unpaired) electrons. The molecule has 3 aromatic rings. The van der Waals surface area contributed by atoms with Gasteiger partial charge in [-0.15, -0.1) is 0 Å². The van der Waals surface area contributed by atoms with Crippen molar-refractivity contribution in [2.75, 3.05) is 23.8 Å². The molecule has 3 rings (SSSR count). The van der Waals surface area contributed by atoms with Crippen LogP contribution in [0.25, 0.3) is 10.9 Å². The molecule has 12 nitrogen and oxygen atoms in total. The highest BCUT2D eigenvalue weighted by Crippen LogP contribution is 2.29. The molecule has 1 aromatic heterocycles. The van der Waals surface area contributed by atoms with Crippen molar-refractivity contribution in [3.63, 3.8) is 0 Å². The molecule has 37 heavy (non-hydrogen) atoms. The summed E-state index contributed by atoms with van der Waals surface area (Å²) in [5.41, 5.74) is 3.27. The second kappa shape index (κ2) is 13.7. The van der Waals surface area contributed by atoms with Crippen molar-refractivity contribution in [2.45, 2.75) is 32.1 Å². The molecule has 0 aliphatic rings. The fraction of sp³-hybridized carbons (Fsp3) is 0.292. The monoisotopic (exact) mass is 527 g/mol. The number of nitrogens with one attached hydrogen (secondary N) is 3. The van der Waals surface area contributed by atoms with E-state index in [0.717, 1.165) is 79.7 Å². The highest BCUT2D eigenvalue weighted by Gasteiger charge is 2.19. The average Bonchev–Trinajstić information content (AvgIpc) is 2.87. The first-order valence-corrected chi connectivity index (χ1v) is 12.0. The van der Waals surface area contributed by atoms with Gasteiger partial charge < -0.3 is 10.6 Å². The number of amides is 1. The molecule has 0 saturated carbocycles. The predicted octanol–water partition coefficient (Wildman–Crippen LogP) is 5.28. The maximum atomic E-state index is 11.9. The van der Waals surface area contributed by atoms with Gasteiger partial charge >= 0.3 is 5.69 Å². The van der Waals surface area contributed by atoms with E-state index in [1.807, 2.05) is 24.3 Å². The Morgan fingerprint density at radius 3 is 2.46 bits per heavy atom. The third-order valence-corrected chi connectivity index (χ3v) is 5.66. The lowest BCUT2D eigenvalue weighted by Crippen LogP contribution is -2.25. The standard InChI is InChI=1S/C24H26ClN7O5/c25-17-6-8-19-20(10-13-27-22(19)14-17)26-11-4-2-1-3-5-12-28-24(33)16-29-30-21-9-7-18(31(34)35)15-23(21)32(36)37/h6-10,13-16,30H,1-5,11-12H2,(H,26,27)(H,28,33)/b29-16+. The van der Waals surface area contributed by atoms with Gasteiger partial charge in [-0.05, 0) is 43.2 Å². The third-order valence-electron chi connectivity index (χ3n) is 5.43. The van der Waals surface area contributed by atoms with Gasteiger partial charge in [0.15, 0.2) is 0 Å². The summed E-state index contributed by atoms with van der Waals surface area (Å²) in [6, 6.07) is 10.7. The third kappa shape index (κ3) is 8.39. The lowest BCUT2D eigenvalue weighted by atomic mass is 10.1. The van der Waals surface area contributed by atoms with Crippen LogP contribution in [0, 0.1) is 20.2 Å². The maximum absolute atomic E-state index is 11.9. The molecule has 1 heterocycles. The number of hydrogen-bond donors (Lipinski definition) is 3. The molecule has 0 aliphatic carbocycles. The van der Waals surface area contributed by atoms with Crippen LogP contribution in [-0.4, -0.2) is 40.0 Å². The van der Waals surface area contributed by atoms with E-state index in [0.29, 0.717) is 11.6 Å². The van der Waals surface area contributed by atoms with Crippen LogP contribution in [-0.2, 0) is 4.79 Å². The predicted molar refractivity (Wildman–Crippen MR) is 143 cm³/mol. The molecule has 0 spiro atoms. The molecule has 0 aliphatic heterocycles. The van der Waals surface area contributed by atoms with Gasteiger partial charge in [-0.1, -0.05) is 30.9 Å². The number of rotatable bonds is 14. The zero-order valence-corrected chi connectivity index (χ0v) is 20.6. The Bertz CT molecular complexity index is 1300. The summed E-state index contributed by atoms with van der Waals surface area (Å²) >= 11 is 6.03. The number of anilines is 2. The molecular weight excluding hydrogens is 502 g/mol. The first-order chi connectivity index (χ1) is 17.8. The number of fused-ring (bicyclic) bond motifs is 1. The fourth-order valence-corrected chi connectivity index (χ4v) is 3.74. The van der Waals surface area contributed by atoms with Crippen LogP contribution in [0.2, 0.25) is 5.02 Å². The first-order valence-electron chi connectivity index (χ1n) is 11.6. The summed E-state index contributed by atoms with van der Waals surface area (Å²) < 4.78 is 0. The Morgan fingerprint density at radius 2 is 1.70 bits per heavy atom. The fourth-order valence-electron chi connectivity index (χ4n) is 3.58. The molecule has 194 valence electrons. The van der Waals surface area contributed by atoms with Crippen molar-refractivity contribution in [2.24, 2.45) is 5.10 Å². The number of benzene rings is 2. The topological polar surface area (TPSA) is 165 Å². The van der Waals surface area contributed by atoms with Crippen LogP contribution < -0.4 is 16.1 Å². The summed E-state index contributed by atoms with van der Waals surface area (Å²) in [7, 11) is 0. The number of hydrazone groups is 1. The molecule has 1 amide bonds. The molecule has 3 N–H and O–H groups in total. The van der Waals surface area contributed by atoms with Gasteiger partial charge in [0, 0.05) is 41.4 Å². The van der Waals surface area contributed by atoms with Crippen molar-refractivity contribution < 1.29 is 14.6 Å². The van der Waals surface area contributed by atoms with Gasteiger partial charge in [-0.2, -0.15) is 5.10 Å². The number of nitro groups is 2. The molecule has 0 saturated heterocycles. The van der Waals surface area contributed by atoms with E-state index in [9.17, 15) is 25.0 Å². The quantitative estimate of drug-likeness (QED) is 0.110. The minimum absolute atomic E-state index is 0.0596. The van der Waals surface area contributed by atoms with Crippen LogP contribution in [0.15, 0.2) is 53.8 Å². The number of hydrogen-bond acceptors (Lipinski definition) is 9. The van der Waals surface area contributed by atoms with Crippen LogP contribution in [0.3, 0.4) is 0 Å². The molecule has 0 bridgehead atoms.